The average molecular weight is 1160 g/mol. The number of hydrogen-bond donors (Lipinski definition) is 0. The number of fused-ring (bicyclic) bond motifs is 14. The predicted octanol–water partition coefficient (Wildman–Crippen LogP) is 26.4. The van der Waals surface area contributed by atoms with E-state index in [0.29, 0.717) is 5.41 Å². The van der Waals surface area contributed by atoms with Crippen molar-refractivity contribution in [2.24, 2.45) is 157 Å². The Kier molecular flexibility index (Phi) is 21.9. The van der Waals surface area contributed by atoms with Crippen molar-refractivity contribution < 1.29 is 0 Å². The summed E-state index contributed by atoms with van der Waals surface area (Å²) in [7, 11) is 0. The molecule has 0 saturated heterocycles. The van der Waals surface area contributed by atoms with Gasteiger partial charge in [-0.1, -0.05) is 147 Å². The van der Waals surface area contributed by atoms with Crippen molar-refractivity contribution in [3.63, 3.8) is 0 Å². The van der Waals surface area contributed by atoms with Gasteiger partial charge in [-0.2, -0.15) is 0 Å². The van der Waals surface area contributed by atoms with Gasteiger partial charge in [0.1, 0.15) is 0 Å². The highest BCUT2D eigenvalue weighted by Crippen LogP contribution is 2.63. The van der Waals surface area contributed by atoms with Crippen LogP contribution in [-0.2, 0) is 0 Å². The van der Waals surface area contributed by atoms with Crippen LogP contribution in [0.5, 0.6) is 0 Å². The zero-order valence-corrected chi connectivity index (χ0v) is 59.0. The topological polar surface area (TPSA) is 0 Å². The quantitative estimate of drug-likeness (QED) is 0.259. The van der Waals surface area contributed by atoms with Crippen LogP contribution < -0.4 is 0 Å². The molecule has 0 radical (unpaired) electrons. The Morgan fingerprint density at radius 2 is 0.798 bits per heavy atom. The van der Waals surface area contributed by atoms with Crippen molar-refractivity contribution in [1.29, 1.82) is 0 Å². The SMILES string of the molecule is CC12CC3CC(CC(C3)C1)C2.CC1C2CCC(CC2)[C@H]1C.CC1CCC2(CCCCC2)CC1.CCC12CC3CC(CC(C3)C1)C2.CCC1CC2CCC1C2.C[C@@H]1C2CCC(CC2)C1(C)C.C[C@H]1CC2CCC1(C)CC2.C[C@H]1CC2CCC1CC2. The number of rotatable bonds is 2. The van der Waals surface area contributed by atoms with Crippen LogP contribution in [0.15, 0.2) is 0 Å². The molecule has 0 heteroatoms. The van der Waals surface area contributed by atoms with E-state index in [4.69, 9.17) is 0 Å². The molecule has 0 amide bonds. The molecule has 24 fully saturated rings. The van der Waals surface area contributed by atoms with Crippen molar-refractivity contribution in [3.8, 4) is 0 Å². The van der Waals surface area contributed by atoms with Gasteiger partial charge in [0.2, 0.25) is 0 Å². The van der Waals surface area contributed by atoms with Crippen molar-refractivity contribution in [3.05, 3.63) is 0 Å². The van der Waals surface area contributed by atoms with Crippen molar-refractivity contribution in [2.45, 2.75) is 372 Å². The van der Waals surface area contributed by atoms with Gasteiger partial charge in [-0.25, -0.2) is 0 Å². The molecule has 24 aliphatic rings. The van der Waals surface area contributed by atoms with E-state index in [9.17, 15) is 0 Å². The van der Waals surface area contributed by atoms with E-state index >= 15 is 0 Å². The highest BCUT2D eigenvalue weighted by Gasteiger charge is 2.51. The van der Waals surface area contributed by atoms with E-state index < -0.39 is 0 Å². The molecule has 0 nitrogen and oxygen atoms in total. The van der Waals surface area contributed by atoms with Crippen LogP contribution in [0.2, 0.25) is 0 Å². The van der Waals surface area contributed by atoms with Gasteiger partial charge < -0.3 is 0 Å². The first-order valence-corrected chi connectivity index (χ1v) is 40.2. The fourth-order valence-electron chi connectivity index (χ4n) is 27.3. The molecule has 1 spiro atoms. The minimum atomic E-state index is 0.654. The molecule has 24 rings (SSSR count). The van der Waals surface area contributed by atoms with Crippen LogP contribution in [0.1, 0.15) is 372 Å². The maximum Gasteiger partial charge on any atom is -0.0292 e. The smallest absolute Gasteiger partial charge is 0.0292 e. The van der Waals surface area contributed by atoms with Crippen LogP contribution in [0.25, 0.3) is 0 Å². The van der Waals surface area contributed by atoms with Gasteiger partial charge >= 0.3 is 0 Å². The maximum atomic E-state index is 2.54. The molecular formula is C84H148. The van der Waals surface area contributed by atoms with Gasteiger partial charge in [-0.05, 0) is 382 Å². The molecular weight excluding hydrogens is 1010 g/mol. The van der Waals surface area contributed by atoms with E-state index in [0.717, 1.165) is 152 Å². The Bertz CT molecular complexity index is 1850. The molecule has 8 atom stereocenters. The molecule has 484 valence electrons. The fourth-order valence-corrected chi connectivity index (χ4v) is 27.3. The van der Waals surface area contributed by atoms with Gasteiger partial charge in [0, 0.05) is 0 Å². The third kappa shape index (κ3) is 15.6. The summed E-state index contributed by atoms with van der Waals surface area (Å²) in [6.45, 7) is 29.5. The molecule has 0 aromatic heterocycles. The molecule has 84 heavy (non-hydrogen) atoms. The molecule has 0 N–H and O–H groups in total. The molecule has 18 bridgehead atoms. The molecule has 24 saturated carbocycles. The first kappa shape index (κ1) is 65.5. The Balaban J connectivity index is 0.000000100. The maximum absolute atomic E-state index is 2.54. The second kappa shape index (κ2) is 28.1. The van der Waals surface area contributed by atoms with Gasteiger partial charge in [-0.3, -0.25) is 0 Å². The van der Waals surface area contributed by atoms with Crippen molar-refractivity contribution in [1.82, 2.24) is 0 Å². The summed E-state index contributed by atoms with van der Waals surface area (Å²) >= 11 is 0. The van der Waals surface area contributed by atoms with Crippen molar-refractivity contribution >= 4 is 0 Å². The first-order chi connectivity index (χ1) is 40.2. The Morgan fingerprint density at radius 1 is 0.345 bits per heavy atom. The summed E-state index contributed by atoms with van der Waals surface area (Å²) < 4.78 is 0. The van der Waals surface area contributed by atoms with Gasteiger partial charge in [0.25, 0.3) is 0 Å². The van der Waals surface area contributed by atoms with E-state index in [1.165, 1.54) is 128 Å². The highest BCUT2D eigenvalue weighted by atomic mass is 14.6. The standard InChI is InChI=1S/C12H20.C12H22.C11H18.C11H20.2C10H18.2C9H16/c1-2-12-6-9-3-10(7-12)5-11(4-9)8-12;1-11-5-9-12(10-6-11)7-3-2-4-8-12;1-11-5-8-2-9(6-11)4-10(3-8)7-11;1-8-9-4-6-10(7-5-9)11(8,2)3;1-8-7-9-3-5-10(8,2)6-4-9;1-7-8(2)10-5-3-9(7)4-6-10;1-7-6-8-2-4-9(7)5-3-8;1-2-8-5-7-3-4-9(8)6-7/h9-11H,2-8H2,1H3;11H,2-10H2,1H3;8-10H,2-7H2,1H3;8-10H,4-7H2,1-3H3;8-9H,3-7H2,1-2H3;7-10H,3-6H2,1-2H3;2*7-9H,2-6H2,1H3/t;;;2*8-,9?,10?;7-,8?,9?,10?;7-,8?,9?;/m...1000./s1. The first-order valence-electron chi connectivity index (χ1n) is 40.2. The molecule has 0 aromatic carbocycles. The van der Waals surface area contributed by atoms with Gasteiger partial charge in [0.05, 0.1) is 0 Å². The van der Waals surface area contributed by atoms with Crippen LogP contribution in [0.3, 0.4) is 0 Å². The lowest BCUT2D eigenvalue weighted by atomic mass is 9.49. The second-order valence-electron chi connectivity index (χ2n) is 38.9. The monoisotopic (exact) mass is 1160 g/mol. The van der Waals surface area contributed by atoms with Crippen LogP contribution in [-0.4, -0.2) is 0 Å². The third-order valence-electron chi connectivity index (χ3n) is 33.3. The summed E-state index contributed by atoms with van der Waals surface area (Å²) in [5.41, 5.74) is 3.88. The minimum Gasteiger partial charge on any atom is -0.0651 e. The lowest BCUT2D eigenvalue weighted by molar-refractivity contribution is -0.0545. The normalized spacial score (nSPS) is 49.8. The minimum absolute atomic E-state index is 0.654. The van der Waals surface area contributed by atoms with E-state index in [2.05, 4.69) is 83.1 Å². The van der Waals surface area contributed by atoms with E-state index in [1.54, 1.807) is 161 Å². The summed E-state index contributed by atoms with van der Waals surface area (Å²) in [5.74, 6) is 24.1. The van der Waals surface area contributed by atoms with Crippen molar-refractivity contribution in [2.75, 3.05) is 0 Å². The predicted molar refractivity (Wildman–Crippen MR) is 365 cm³/mol. The Morgan fingerprint density at radius 3 is 1.11 bits per heavy atom. The lowest BCUT2D eigenvalue weighted by Gasteiger charge is -2.56. The molecule has 0 aromatic rings. The zero-order valence-electron chi connectivity index (χ0n) is 59.0. The molecule has 4 unspecified atom stereocenters. The summed E-state index contributed by atoms with van der Waals surface area (Å²) in [6, 6.07) is 0. The molecule has 24 aliphatic carbocycles. The largest absolute Gasteiger partial charge is 0.0651 e. The average Bonchev–Trinajstić information content (AvgIpc) is 4.05. The fraction of sp³-hybridized carbons (Fsp3) is 1.00. The van der Waals surface area contributed by atoms with Crippen LogP contribution >= 0.6 is 0 Å². The second-order valence-corrected chi connectivity index (χ2v) is 38.9. The molecule has 0 heterocycles. The lowest BCUT2D eigenvalue weighted by Crippen LogP contribution is -2.45. The Hall–Kier alpha value is 0. The summed E-state index contributed by atoms with van der Waals surface area (Å²) in [6.07, 6.45) is 69.6. The Labute approximate surface area is 526 Å². The van der Waals surface area contributed by atoms with Crippen LogP contribution in [0.4, 0.5) is 0 Å². The number of hydrogen-bond acceptors (Lipinski definition) is 0. The summed E-state index contributed by atoms with van der Waals surface area (Å²) in [5, 5.41) is 0. The highest BCUT2D eigenvalue weighted by molar-refractivity contribution is 5.02. The zero-order chi connectivity index (χ0) is 59.0. The van der Waals surface area contributed by atoms with Gasteiger partial charge in [-0.15, -0.1) is 0 Å². The molecule has 0 aliphatic heterocycles. The van der Waals surface area contributed by atoms with E-state index in [-0.39, 0.29) is 0 Å². The van der Waals surface area contributed by atoms with Crippen LogP contribution in [0, 0.1) is 157 Å². The summed E-state index contributed by atoms with van der Waals surface area (Å²) in [4.78, 5) is 0. The van der Waals surface area contributed by atoms with E-state index in [1.807, 2.05) is 0 Å². The van der Waals surface area contributed by atoms with Gasteiger partial charge in [0.15, 0.2) is 0 Å². The third-order valence-corrected chi connectivity index (χ3v) is 33.3.